The van der Waals surface area contributed by atoms with Crippen molar-refractivity contribution in [3.8, 4) is 11.5 Å². The van der Waals surface area contributed by atoms with Crippen LogP contribution in [-0.2, 0) is 6.42 Å². The van der Waals surface area contributed by atoms with Crippen molar-refractivity contribution in [1.29, 1.82) is 0 Å². The molecule has 0 bridgehead atoms. The third-order valence-electron chi connectivity index (χ3n) is 2.60. The zero-order valence-electron chi connectivity index (χ0n) is 10.6. The summed E-state index contributed by atoms with van der Waals surface area (Å²) in [6.45, 7) is 1.97. The van der Waals surface area contributed by atoms with Crippen LogP contribution >= 0.6 is 15.9 Å². The minimum absolute atomic E-state index is 0.137. The highest BCUT2D eigenvalue weighted by Gasteiger charge is 2.04. The Morgan fingerprint density at radius 3 is 2.47 bits per heavy atom. The van der Waals surface area contributed by atoms with E-state index in [4.69, 9.17) is 10.5 Å². The minimum Gasteiger partial charge on any atom is -0.456 e. The molecule has 0 heterocycles. The van der Waals surface area contributed by atoms with Crippen molar-refractivity contribution in [3.05, 3.63) is 58.3 Å². The van der Waals surface area contributed by atoms with Crippen LogP contribution in [0.25, 0.3) is 0 Å². The lowest BCUT2D eigenvalue weighted by Crippen LogP contribution is -2.17. The van der Waals surface area contributed by atoms with Gasteiger partial charge in [0.05, 0.1) is 4.47 Å². The van der Waals surface area contributed by atoms with Gasteiger partial charge in [0.2, 0.25) is 0 Å². The Balaban J connectivity index is 2.10. The summed E-state index contributed by atoms with van der Waals surface area (Å²) in [4.78, 5) is 0. The van der Waals surface area contributed by atoms with Gasteiger partial charge in [-0.1, -0.05) is 12.1 Å². The minimum atomic E-state index is -0.300. The molecule has 4 heteroatoms. The van der Waals surface area contributed by atoms with Gasteiger partial charge >= 0.3 is 0 Å². The second-order valence-electron chi connectivity index (χ2n) is 4.50. The molecule has 2 aromatic rings. The van der Waals surface area contributed by atoms with Gasteiger partial charge in [-0.05, 0) is 65.2 Å². The molecule has 0 aliphatic heterocycles. The van der Waals surface area contributed by atoms with Crippen molar-refractivity contribution >= 4 is 15.9 Å². The normalized spacial score (nSPS) is 12.2. The standard InChI is InChI=1S/C15H15BrFNO/c1-10(18)8-11-2-5-13(6-3-11)19-15-7-4-12(17)9-14(15)16/h2-7,9-10H,8,18H2,1H3. The summed E-state index contributed by atoms with van der Waals surface area (Å²) in [5, 5.41) is 0. The second-order valence-corrected chi connectivity index (χ2v) is 5.36. The van der Waals surface area contributed by atoms with E-state index in [9.17, 15) is 4.39 Å². The second kappa shape index (κ2) is 6.17. The van der Waals surface area contributed by atoms with Gasteiger partial charge in [0.15, 0.2) is 0 Å². The lowest BCUT2D eigenvalue weighted by Gasteiger charge is -2.09. The quantitative estimate of drug-likeness (QED) is 0.911. The van der Waals surface area contributed by atoms with E-state index in [2.05, 4.69) is 15.9 Å². The molecule has 0 fully saturated rings. The summed E-state index contributed by atoms with van der Waals surface area (Å²) < 4.78 is 19.2. The van der Waals surface area contributed by atoms with Crippen LogP contribution in [0.15, 0.2) is 46.9 Å². The number of hydrogen-bond acceptors (Lipinski definition) is 2. The zero-order valence-corrected chi connectivity index (χ0v) is 12.2. The fourth-order valence-electron chi connectivity index (χ4n) is 1.75. The van der Waals surface area contributed by atoms with Crippen molar-refractivity contribution in [2.24, 2.45) is 5.73 Å². The van der Waals surface area contributed by atoms with Crippen LogP contribution in [0.4, 0.5) is 4.39 Å². The van der Waals surface area contributed by atoms with Crippen LogP contribution in [0, 0.1) is 5.82 Å². The Kier molecular flexibility index (Phi) is 4.56. The molecule has 1 unspecified atom stereocenters. The molecule has 0 aliphatic rings. The van der Waals surface area contributed by atoms with Crippen molar-refractivity contribution in [2.75, 3.05) is 0 Å². The first-order valence-corrected chi connectivity index (χ1v) is 6.81. The largest absolute Gasteiger partial charge is 0.456 e. The molecule has 0 aromatic heterocycles. The first-order valence-electron chi connectivity index (χ1n) is 6.02. The van der Waals surface area contributed by atoms with E-state index in [0.717, 1.165) is 6.42 Å². The molecule has 100 valence electrons. The fourth-order valence-corrected chi connectivity index (χ4v) is 2.18. The van der Waals surface area contributed by atoms with Gasteiger partial charge in [-0.3, -0.25) is 0 Å². The van der Waals surface area contributed by atoms with E-state index in [0.29, 0.717) is 16.0 Å². The van der Waals surface area contributed by atoms with Gasteiger partial charge in [-0.15, -0.1) is 0 Å². The molecule has 2 aromatic carbocycles. The number of ether oxygens (including phenoxy) is 1. The monoisotopic (exact) mass is 323 g/mol. The number of rotatable bonds is 4. The Hall–Kier alpha value is -1.39. The van der Waals surface area contributed by atoms with E-state index >= 15 is 0 Å². The summed E-state index contributed by atoms with van der Waals surface area (Å²) in [5.41, 5.74) is 6.91. The number of halogens is 2. The number of nitrogens with two attached hydrogens (primary N) is 1. The molecule has 0 saturated heterocycles. The predicted molar refractivity (Wildman–Crippen MR) is 78.0 cm³/mol. The maximum absolute atomic E-state index is 13.0. The van der Waals surface area contributed by atoms with E-state index < -0.39 is 0 Å². The van der Waals surface area contributed by atoms with Gasteiger partial charge in [-0.25, -0.2) is 4.39 Å². The molecule has 0 amide bonds. The third kappa shape index (κ3) is 4.04. The summed E-state index contributed by atoms with van der Waals surface area (Å²) in [7, 11) is 0. The topological polar surface area (TPSA) is 35.2 Å². The zero-order chi connectivity index (χ0) is 13.8. The lowest BCUT2D eigenvalue weighted by atomic mass is 10.1. The van der Waals surface area contributed by atoms with Crippen LogP contribution in [-0.4, -0.2) is 6.04 Å². The Labute approximate surface area is 120 Å². The van der Waals surface area contributed by atoms with Gasteiger partial charge in [-0.2, -0.15) is 0 Å². The van der Waals surface area contributed by atoms with E-state index in [1.165, 1.54) is 17.7 Å². The molecule has 2 rings (SSSR count). The molecule has 0 aliphatic carbocycles. The highest BCUT2D eigenvalue weighted by Crippen LogP contribution is 2.30. The average Bonchev–Trinajstić information content (AvgIpc) is 2.34. The summed E-state index contributed by atoms with van der Waals surface area (Å²) in [6.07, 6.45) is 0.834. The average molecular weight is 324 g/mol. The SMILES string of the molecule is CC(N)Cc1ccc(Oc2ccc(F)cc2Br)cc1. The molecule has 1 atom stereocenters. The molecule has 0 radical (unpaired) electrons. The van der Waals surface area contributed by atoms with Crippen LogP contribution in [0.5, 0.6) is 11.5 Å². The predicted octanol–water partition coefficient (Wildman–Crippen LogP) is 4.27. The van der Waals surface area contributed by atoms with Gasteiger partial charge in [0.25, 0.3) is 0 Å². The van der Waals surface area contributed by atoms with Crippen molar-refractivity contribution < 1.29 is 9.13 Å². The molecule has 2 nitrogen and oxygen atoms in total. The van der Waals surface area contributed by atoms with Crippen molar-refractivity contribution in [1.82, 2.24) is 0 Å². The third-order valence-corrected chi connectivity index (χ3v) is 3.22. The first-order chi connectivity index (χ1) is 9.04. The fraction of sp³-hybridized carbons (Fsp3) is 0.200. The van der Waals surface area contributed by atoms with E-state index in [1.54, 1.807) is 6.07 Å². The van der Waals surface area contributed by atoms with Crippen molar-refractivity contribution in [3.63, 3.8) is 0 Å². The summed E-state index contributed by atoms with van der Waals surface area (Å²) in [5.74, 6) is 0.994. The van der Waals surface area contributed by atoms with Gasteiger partial charge < -0.3 is 10.5 Å². The van der Waals surface area contributed by atoms with Gasteiger partial charge in [0, 0.05) is 6.04 Å². The van der Waals surface area contributed by atoms with E-state index in [1.807, 2.05) is 31.2 Å². The van der Waals surface area contributed by atoms with E-state index in [-0.39, 0.29) is 11.9 Å². The van der Waals surface area contributed by atoms with Gasteiger partial charge in [0.1, 0.15) is 17.3 Å². The number of hydrogen-bond donors (Lipinski definition) is 1. The maximum Gasteiger partial charge on any atom is 0.141 e. The molecule has 19 heavy (non-hydrogen) atoms. The highest BCUT2D eigenvalue weighted by molar-refractivity contribution is 9.10. The van der Waals surface area contributed by atoms with Crippen LogP contribution in [0.3, 0.4) is 0 Å². The van der Waals surface area contributed by atoms with Crippen LogP contribution in [0.2, 0.25) is 0 Å². The molecule has 2 N–H and O–H groups in total. The van der Waals surface area contributed by atoms with Crippen molar-refractivity contribution in [2.45, 2.75) is 19.4 Å². The highest BCUT2D eigenvalue weighted by atomic mass is 79.9. The van der Waals surface area contributed by atoms with Crippen LogP contribution in [0.1, 0.15) is 12.5 Å². The number of benzene rings is 2. The summed E-state index contributed by atoms with van der Waals surface area (Å²) >= 11 is 3.27. The smallest absolute Gasteiger partial charge is 0.141 e. The first kappa shape index (κ1) is 14.0. The molecule has 0 spiro atoms. The Morgan fingerprint density at radius 1 is 1.21 bits per heavy atom. The summed E-state index contributed by atoms with van der Waals surface area (Å²) in [6, 6.07) is 12.2. The van der Waals surface area contributed by atoms with Crippen LogP contribution < -0.4 is 10.5 Å². The maximum atomic E-state index is 13.0. The molecular weight excluding hydrogens is 309 g/mol. The Morgan fingerprint density at radius 2 is 1.89 bits per heavy atom. The molecular formula is C15H15BrFNO. The lowest BCUT2D eigenvalue weighted by molar-refractivity contribution is 0.477. The molecule has 0 saturated carbocycles. The Bertz CT molecular complexity index is 555.